The van der Waals surface area contributed by atoms with Crippen LogP contribution < -0.4 is 5.32 Å². The van der Waals surface area contributed by atoms with Gasteiger partial charge in [0.05, 0.1) is 22.6 Å². The third-order valence-electron chi connectivity index (χ3n) is 7.09. The number of rotatable bonds is 15. The highest BCUT2D eigenvalue weighted by molar-refractivity contribution is 7.89. The first-order valence-corrected chi connectivity index (χ1v) is 16.8. The average Bonchev–Trinajstić information content (AvgIpc) is 3.33. The SMILES string of the molecule is CCCN1CCc2c(sc(NC(=O)c3ccc(S(=O)(=O)N(CCC#N)CCC#N)cc3)c2C(=O)N(CCC)CCC)C1. The molecule has 0 atom stereocenters. The van der Waals surface area contributed by atoms with Crippen molar-refractivity contribution in [3.8, 4) is 12.1 Å². The van der Waals surface area contributed by atoms with E-state index in [2.05, 4.69) is 17.1 Å². The molecule has 1 N–H and O–H groups in total. The number of hydrogen-bond acceptors (Lipinski definition) is 8. The summed E-state index contributed by atoms with van der Waals surface area (Å²) in [5.41, 5.74) is 1.85. The molecule has 0 radical (unpaired) electrons. The van der Waals surface area contributed by atoms with Crippen molar-refractivity contribution in [2.24, 2.45) is 0 Å². The van der Waals surface area contributed by atoms with E-state index < -0.39 is 15.9 Å². The van der Waals surface area contributed by atoms with Crippen LogP contribution in [0.3, 0.4) is 0 Å². The van der Waals surface area contributed by atoms with Gasteiger partial charge < -0.3 is 10.2 Å². The number of nitriles is 2. The largest absolute Gasteiger partial charge is 0.339 e. The summed E-state index contributed by atoms with van der Waals surface area (Å²) >= 11 is 1.45. The highest BCUT2D eigenvalue weighted by Gasteiger charge is 2.31. The zero-order valence-electron chi connectivity index (χ0n) is 24.7. The van der Waals surface area contributed by atoms with Crippen LogP contribution in [0.25, 0.3) is 0 Å². The number of thiophene rings is 1. The summed E-state index contributed by atoms with van der Waals surface area (Å²) in [7, 11) is -3.95. The molecular formula is C30H40N6O4S2. The van der Waals surface area contributed by atoms with Gasteiger partial charge in [-0.25, -0.2) is 8.42 Å². The number of fused-ring (bicyclic) bond motifs is 1. The minimum atomic E-state index is -3.95. The Hall–Kier alpha value is -3.29. The highest BCUT2D eigenvalue weighted by atomic mass is 32.2. The van der Waals surface area contributed by atoms with Gasteiger partial charge in [-0.05, 0) is 62.1 Å². The van der Waals surface area contributed by atoms with Gasteiger partial charge in [0.1, 0.15) is 5.00 Å². The topological polar surface area (TPSA) is 138 Å². The molecule has 12 heteroatoms. The van der Waals surface area contributed by atoms with Crippen molar-refractivity contribution in [3.63, 3.8) is 0 Å². The van der Waals surface area contributed by atoms with Crippen LogP contribution in [-0.2, 0) is 23.0 Å². The lowest BCUT2D eigenvalue weighted by Crippen LogP contribution is -2.35. The molecule has 2 amide bonds. The van der Waals surface area contributed by atoms with Gasteiger partial charge in [0.25, 0.3) is 11.8 Å². The fourth-order valence-electron chi connectivity index (χ4n) is 5.09. The number of anilines is 1. The summed E-state index contributed by atoms with van der Waals surface area (Å²) in [4.78, 5) is 32.5. The molecule has 2 aromatic rings. The monoisotopic (exact) mass is 612 g/mol. The Balaban J connectivity index is 1.90. The summed E-state index contributed by atoms with van der Waals surface area (Å²) in [5.74, 6) is -0.493. The number of benzene rings is 1. The number of nitrogens with zero attached hydrogens (tertiary/aromatic N) is 5. The lowest BCUT2D eigenvalue weighted by atomic mass is 10.0. The van der Waals surface area contributed by atoms with Crippen molar-refractivity contribution in [1.29, 1.82) is 10.5 Å². The molecule has 1 aromatic carbocycles. The number of hydrogen-bond donors (Lipinski definition) is 1. The van der Waals surface area contributed by atoms with Crippen molar-refractivity contribution in [1.82, 2.24) is 14.1 Å². The summed E-state index contributed by atoms with van der Waals surface area (Å²) in [5, 5.41) is 21.3. The molecule has 0 saturated carbocycles. The maximum absolute atomic E-state index is 13.8. The first kappa shape index (κ1) is 33.2. The van der Waals surface area contributed by atoms with Crippen molar-refractivity contribution in [3.05, 3.63) is 45.8 Å². The number of nitrogens with one attached hydrogen (secondary N) is 1. The Bertz CT molecular complexity index is 1400. The van der Waals surface area contributed by atoms with E-state index >= 15 is 0 Å². The molecule has 1 aliphatic heterocycles. The Morgan fingerprint density at radius 2 is 1.60 bits per heavy atom. The van der Waals surface area contributed by atoms with Crippen molar-refractivity contribution in [2.45, 2.75) is 70.7 Å². The van der Waals surface area contributed by atoms with E-state index in [0.717, 1.165) is 60.1 Å². The first-order valence-electron chi connectivity index (χ1n) is 14.5. The quantitative estimate of drug-likeness (QED) is 0.304. The van der Waals surface area contributed by atoms with E-state index in [1.54, 1.807) is 0 Å². The van der Waals surface area contributed by atoms with Crippen molar-refractivity contribution >= 4 is 38.2 Å². The van der Waals surface area contributed by atoms with Gasteiger partial charge in [0.15, 0.2) is 0 Å². The number of carbonyl (C=O) groups excluding carboxylic acids is 2. The molecular weight excluding hydrogens is 573 g/mol. The van der Waals surface area contributed by atoms with Crippen LogP contribution in [-0.4, -0.2) is 73.6 Å². The van der Waals surface area contributed by atoms with Gasteiger partial charge in [-0.2, -0.15) is 14.8 Å². The van der Waals surface area contributed by atoms with Crippen LogP contribution in [0.15, 0.2) is 29.2 Å². The van der Waals surface area contributed by atoms with Gasteiger partial charge in [0, 0.05) is 62.6 Å². The van der Waals surface area contributed by atoms with E-state index in [4.69, 9.17) is 10.5 Å². The van der Waals surface area contributed by atoms with Gasteiger partial charge >= 0.3 is 0 Å². The molecule has 3 rings (SSSR count). The maximum Gasteiger partial charge on any atom is 0.257 e. The lowest BCUT2D eigenvalue weighted by Gasteiger charge is -2.27. The van der Waals surface area contributed by atoms with Gasteiger partial charge in [-0.15, -0.1) is 11.3 Å². The summed E-state index contributed by atoms with van der Waals surface area (Å²) in [6.07, 6.45) is 3.46. The zero-order valence-corrected chi connectivity index (χ0v) is 26.3. The van der Waals surface area contributed by atoms with Gasteiger partial charge in [0.2, 0.25) is 10.0 Å². The van der Waals surface area contributed by atoms with Crippen molar-refractivity contribution in [2.75, 3.05) is 44.6 Å². The molecule has 0 saturated heterocycles. The maximum atomic E-state index is 13.8. The third-order valence-corrected chi connectivity index (χ3v) is 10.1. The molecule has 1 aromatic heterocycles. The molecule has 0 fully saturated rings. The molecule has 226 valence electrons. The molecule has 10 nitrogen and oxygen atoms in total. The van der Waals surface area contributed by atoms with Gasteiger partial charge in [-0.3, -0.25) is 14.5 Å². The third kappa shape index (κ3) is 7.96. The second kappa shape index (κ2) is 15.8. The molecule has 0 aliphatic carbocycles. The predicted molar refractivity (Wildman–Crippen MR) is 164 cm³/mol. The number of sulfonamides is 1. The first-order chi connectivity index (χ1) is 20.2. The number of carbonyl (C=O) groups is 2. The average molecular weight is 613 g/mol. The second-order valence-electron chi connectivity index (χ2n) is 10.2. The van der Waals surface area contributed by atoms with Crippen LogP contribution in [0, 0.1) is 22.7 Å². The Morgan fingerprint density at radius 3 is 2.14 bits per heavy atom. The fourth-order valence-corrected chi connectivity index (χ4v) is 7.81. The van der Waals surface area contributed by atoms with Crippen LogP contribution >= 0.6 is 11.3 Å². The summed E-state index contributed by atoms with van der Waals surface area (Å²) in [6, 6.07) is 9.46. The van der Waals surface area contributed by atoms with E-state index in [-0.39, 0.29) is 42.3 Å². The normalized spacial score (nSPS) is 13.3. The van der Waals surface area contributed by atoms with Crippen LogP contribution in [0.1, 0.15) is 84.0 Å². The smallest absolute Gasteiger partial charge is 0.257 e. The van der Waals surface area contributed by atoms with Crippen LogP contribution in [0.2, 0.25) is 0 Å². The minimum absolute atomic E-state index is 0.00113. The zero-order chi connectivity index (χ0) is 30.7. The van der Waals surface area contributed by atoms with E-state index in [1.807, 2.05) is 30.9 Å². The fraction of sp³-hybridized carbons (Fsp3) is 0.533. The molecule has 1 aliphatic rings. The summed E-state index contributed by atoms with van der Waals surface area (Å²) in [6.45, 7) is 10.0. The Morgan fingerprint density at radius 1 is 0.976 bits per heavy atom. The van der Waals surface area contributed by atoms with E-state index in [0.29, 0.717) is 23.7 Å². The van der Waals surface area contributed by atoms with E-state index in [9.17, 15) is 18.0 Å². The van der Waals surface area contributed by atoms with Crippen LogP contribution in [0.4, 0.5) is 5.00 Å². The second-order valence-corrected chi connectivity index (χ2v) is 13.3. The molecule has 42 heavy (non-hydrogen) atoms. The molecule has 0 unspecified atom stereocenters. The highest BCUT2D eigenvalue weighted by Crippen LogP contribution is 2.38. The minimum Gasteiger partial charge on any atom is -0.339 e. The number of amides is 2. The lowest BCUT2D eigenvalue weighted by molar-refractivity contribution is 0.0755. The Kier molecular flexibility index (Phi) is 12.5. The summed E-state index contributed by atoms with van der Waals surface area (Å²) < 4.78 is 27.4. The molecule has 0 bridgehead atoms. The van der Waals surface area contributed by atoms with Crippen molar-refractivity contribution < 1.29 is 18.0 Å². The predicted octanol–water partition coefficient (Wildman–Crippen LogP) is 4.85. The molecule has 2 heterocycles. The standard InChI is InChI=1S/C30H40N6O4S2/c1-4-16-34-21-13-25-26(22-34)41-29(27(25)30(38)35(17-5-2)18-6-3)33-28(37)23-9-11-24(12-10-23)42(39,40)36(19-7-14-31)20-8-15-32/h9-12H,4-8,13,16-22H2,1-3H3,(H,33,37). The molecule has 0 spiro atoms. The van der Waals surface area contributed by atoms with E-state index in [1.165, 1.54) is 35.6 Å². The Labute approximate surface area is 253 Å². The van der Waals surface area contributed by atoms with Gasteiger partial charge in [-0.1, -0.05) is 20.8 Å². The van der Waals surface area contributed by atoms with Crippen LogP contribution in [0.5, 0.6) is 0 Å².